The zero-order valence-electron chi connectivity index (χ0n) is 12.4. The minimum Gasteiger partial charge on any atom is -0.370 e. The Hall–Kier alpha value is -2.66. The van der Waals surface area contributed by atoms with Crippen molar-refractivity contribution in [2.45, 2.75) is 6.54 Å². The molecule has 1 heterocycles. The fourth-order valence-corrected chi connectivity index (χ4v) is 2.73. The van der Waals surface area contributed by atoms with Gasteiger partial charge in [0.2, 0.25) is 0 Å². The van der Waals surface area contributed by atoms with Crippen molar-refractivity contribution in [1.29, 1.82) is 0 Å². The summed E-state index contributed by atoms with van der Waals surface area (Å²) in [5, 5.41) is 13.2. The number of pyridine rings is 1. The fourth-order valence-electron chi connectivity index (χ4n) is 2.60. The summed E-state index contributed by atoms with van der Waals surface area (Å²) in [7, 11) is 1.95. The molecule has 3 rings (SSSR count). The van der Waals surface area contributed by atoms with Crippen LogP contribution in [0, 0.1) is 10.1 Å². The third kappa shape index (κ3) is 3.10. The molecule has 0 aliphatic heterocycles. The first-order valence-corrected chi connectivity index (χ1v) is 7.41. The first-order chi connectivity index (χ1) is 11.1. The molecular formula is C17H14ClN3O2. The van der Waals surface area contributed by atoms with E-state index >= 15 is 0 Å². The third-order valence-corrected chi connectivity index (χ3v) is 3.96. The molecular weight excluding hydrogens is 314 g/mol. The van der Waals surface area contributed by atoms with Gasteiger partial charge in [0.25, 0.3) is 5.69 Å². The van der Waals surface area contributed by atoms with Gasteiger partial charge < -0.3 is 4.90 Å². The summed E-state index contributed by atoms with van der Waals surface area (Å²) in [6.07, 6.45) is 3.18. The summed E-state index contributed by atoms with van der Waals surface area (Å²) < 4.78 is 0. The van der Waals surface area contributed by atoms with Gasteiger partial charge in [0.1, 0.15) is 0 Å². The molecule has 0 spiro atoms. The van der Waals surface area contributed by atoms with E-state index in [2.05, 4.69) is 9.88 Å². The second-order valence-corrected chi connectivity index (χ2v) is 5.70. The van der Waals surface area contributed by atoms with Crippen molar-refractivity contribution in [3.8, 4) is 0 Å². The van der Waals surface area contributed by atoms with Crippen molar-refractivity contribution in [2.24, 2.45) is 0 Å². The number of anilines is 1. The number of hydrogen-bond donors (Lipinski definition) is 0. The van der Waals surface area contributed by atoms with Crippen LogP contribution in [-0.2, 0) is 6.54 Å². The smallest absolute Gasteiger partial charge is 0.278 e. The Balaban J connectivity index is 2.00. The van der Waals surface area contributed by atoms with Gasteiger partial charge >= 0.3 is 0 Å². The molecule has 2 aromatic carbocycles. The number of hydrogen-bond acceptors (Lipinski definition) is 4. The number of aromatic nitrogens is 1. The largest absolute Gasteiger partial charge is 0.370 e. The molecule has 0 radical (unpaired) electrons. The van der Waals surface area contributed by atoms with Crippen LogP contribution in [0.25, 0.3) is 10.8 Å². The van der Waals surface area contributed by atoms with Gasteiger partial charge in [-0.05, 0) is 29.8 Å². The first kappa shape index (κ1) is 15.2. The highest BCUT2D eigenvalue weighted by Gasteiger charge is 2.16. The summed E-state index contributed by atoms with van der Waals surface area (Å²) in [5.74, 6) is 0. The summed E-state index contributed by atoms with van der Waals surface area (Å²) in [5.41, 5.74) is 2.09. The summed E-state index contributed by atoms with van der Waals surface area (Å²) in [6, 6.07) is 12.7. The van der Waals surface area contributed by atoms with E-state index in [-0.39, 0.29) is 10.6 Å². The molecule has 0 aliphatic carbocycles. The number of rotatable bonds is 4. The van der Waals surface area contributed by atoms with Crippen molar-refractivity contribution in [3.63, 3.8) is 0 Å². The highest BCUT2D eigenvalue weighted by atomic mass is 35.5. The number of non-ortho nitro benzene ring substituents is 1. The molecule has 0 amide bonds. The van der Waals surface area contributed by atoms with Gasteiger partial charge in [-0.25, -0.2) is 0 Å². The molecule has 3 aromatic rings. The van der Waals surface area contributed by atoms with Crippen molar-refractivity contribution in [3.05, 3.63) is 75.6 Å². The lowest BCUT2D eigenvalue weighted by molar-refractivity contribution is -0.383. The molecule has 0 fully saturated rings. The molecule has 23 heavy (non-hydrogen) atoms. The first-order valence-electron chi connectivity index (χ1n) is 7.03. The minimum atomic E-state index is -0.382. The minimum absolute atomic E-state index is 0.0664. The number of halogens is 1. The summed E-state index contributed by atoms with van der Waals surface area (Å²) in [6.45, 7) is 0.673. The lowest BCUT2D eigenvalue weighted by Crippen LogP contribution is -2.16. The number of fused-ring (bicyclic) bond motifs is 1. The Kier molecular flexibility index (Phi) is 4.12. The van der Waals surface area contributed by atoms with E-state index in [9.17, 15) is 10.1 Å². The van der Waals surface area contributed by atoms with Gasteiger partial charge in [0, 0.05) is 48.1 Å². The van der Waals surface area contributed by atoms with Gasteiger partial charge in [-0.2, -0.15) is 0 Å². The maximum absolute atomic E-state index is 11.2. The molecule has 6 heteroatoms. The quantitative estimate of drug-likeness (QED) is 0.525. The van der Waals surface area contributed by atoms with E-state index in [1.807, 2.05) is 31.3 Å². The number of benzene rings is 2. The Morgan fingerprint density at radius 1 is 1.13 bits per heavy atom. The third-order valence-electron chi connectivity index (χ3n) is 3.71. The van der Waals surface area contributed by atoms with Gasteiger partial charge in [0.05, 0.1) is 10.3 Å². The second kappa shape index (κ2) is 6.22. The van der Waals surface area contributed by atoms with Crippen LogP contribution >= 0.6 is 11.6 Å². The van der Waals surface area contributed by atoms with E-state index in [0.717, 1.165) is 16.6 Å². The maximum Gasteiger partial charge on any atom is 0.278 e. The molecule has 5 nitrogen and oxygen atoms in total. The average molecular weight is 328 g/mol. The van der Waals surface area contributed by atoms with E-state index in [1.54, 1.807) is 18.3 Å². The second-order valence-electron chi connectivity index (χ2n) is 5.26. The Bertz CT molecular complexity index is 865. The van der Waals surface area contributed by atoms with E-state index in [0.29, 0.717) is 17.0 Å². The Morgan fingerprint density at radius 2 is 1.87 bits per heavy atom. The van der Waals surface area contributed by atoms with Crippen LogP contribution in [0.1, 0.15) is 5.56 Å². The van der Waals surface area contributed by atoms with E-state index in [4.69, 9.17) is 11.6 Å². The zero-order chi connectivity index (χ0) is 16.4. The normalized spacial score (nSPS) is 10.7. The summed E-state index contributed by atoms with van der Waals surface area (Å²) >= 11 is 5.91. The van der Waals surface area contributed by atoms with E-state index < -0.39 is 0 Å². The molecule has 0 saturated heterocycles. The number of nitrogens with zero attached hydrogens (tertiary/aromatic N) is 3. The Labute approximate surface area is 138 Å². The molecule has 0 atom stereocenters. The van der Waals surface area contributed by atoms with E-state index in [1.165, 1.54) is 12.3 Å². The molecule has 0 saturated carbocycles. The highest BCUT2D eigenvalue weighted by molar-refractivity contribution is 6.30. The molecule has 1 aromatic heterocycles. The lowest BCUT2D eigenvalue weighted by Gasteiger charge is -2.21. The van der Waals surface area contributed by atoms with Crippen LogP contribution in [0.3, 0.4) is 0 Å². The van der Waals surface area contributed by atoms with Crippen LogP contribution in [0.2, 0.25) is 5.02 Å². The predicted octanol–water partition coefficient (Wildman–Crippen LogP) is 4.43. The predicted molar refractivity (Wildman–Crippen MR) is 92.0 cm³/mol. The van der Waals surface area contributed by atoms with Crippen molar-refractivity contribution >= 4 is 33.7 Å². The Morgan fingerprint density at radius 3 is 2.57 bits per heavy atom. The van der Waals surface area contributed by atoms with Crippen LogP contribution in [0.4, 0.5) is 11.4 Å². The van der Waals surface area contributed by atoms with Crippen LogP contribution in [0.5, 0.6) is 0 Å². The fraction of sp³-hybridized carbons (Fsp3) is 0.118. The molecule has 116 valence electrons. The number of nitro benzene ring substituents is 1. The SMILES string of the molecule is CN(Cc1ccc(Cl)cc1)c1ccc([N+](=O)[O-])c2cnccc12. The van der Waals surface area contributed by atoms with Gasteiger partial charge in [-0.15, -0.1) is 0 Å². The lowest BCUT2D eigenvalue weighted by atomic mass is 10.1. The average Bonchev–Trinajstić information content (AvgIpc) is 2.55. The molecule has 0 bridgehead atoms. The maximum atomic E-state index is 11.2. The highest BCUT2D eigenvalue weighted by Crippen LogP contribution is 2.33. The molecule has 0 unspecified atom stereocenters. The monoisotopic (exact) mass is 327 g/mol. The van der Waals surface area contributed by atoms with Gasteiger partial charge in [-0.1, -0.05) is 23.7 Å². The van der Waals surface area contributed by atoms with Crippen molar-refractivity contribution < 1.29 is 4.92 Å². The van der Waals surface area contributed by atoms with Crippen LogP contribution < -0.4 is 4.90 Å². The van der Waals surface area contributed by atoms with Crippen LogP contribution in [0.15, 0.2) is 54.9 Å². The topological polar surface area (TPSA) is 59.3 Å². The van der Waals surface area contributed by atoms with Crippen LogP contribution in [-0.4, -0.2) is 17.0 Å². The standard InChI is InChI=1S/C17H14ClN3O2/c1-20(11-12-2-4-13(18)5-3-12)16-6-7-17(21(22)23)15-10-19-9-8-14(15)16/h2-10H,11H2,1H3. The summed E-state index contributed by atoms with van der Waals surface area (Å²) in [4.78, 5) is 16.9. The zero-order valence-corrected chi connectivity index (χ0v) is 13.2. The number of nitro groups is 1. The molecule has 0 N–H and O–H groups in total. The van der Waals surface area contributed by atoms with Crippen molar-refractivity contribution in [1.82, 2.24) is 4.98 Å². The molecule has 0 aliphatic rings. The van der Waals surface area contributed by atoms with Gasteiger partial charge in [0.15, 0.2) is 0 Å². The van der Waals surface area contributed by atoms with Gasteiger partial charge in [-0.3, -0.25) is 15.1 Å². The van der Waals surface area contributed by atoms with Crippen molar-refractivity contribution in [2.75, 3.05) is 11.9 Å².